The van der Waals surface area contributed by atoms with Gasteiger partial charge in [-0.25, -0.2) is 0 Å². The molecule has 23 heavy (non-hydrogen) atoms. The number of carboxylic acid groups (broad SMARTS) is 1. The van der Waals surface area contributed by atoms with E-state index in [2.05, 4.69) is 38.6 Å². The van der Waals surface area contributed by atoms with Crippen molar-refractivity contribution in [2.75, 3.05) is 12.8 Å². The predicted molar refractivity (Wildman–Crippen MR) is 94.3 cm³/mol. The van der Waals surface area contributed by atoms with Crippen molar-refractivity contribution in [3.05, 3.63) is 23.0 Å². The summed E-state index contributed by atoms with van der Waals surface area (Å²) >= 11 is 6.16. The molecule has 6 N–H and O–H groups in total. The predicted octanol–water partition coefficient (Wildman–Crippen LogP) is -1.36. The van der Waals surface area contributed by atoms with Crippen molar-refractivity contribution >= 4 is 40.8 Å². The number of hydrogen-bond donors (Lipinski definition) is 6. The minimum atomic E-state index is -0.999. The number of nitrogens with zero attached hydrogens (tertiary/aromatic N) is 1. The number of aromatic nitrogens is 1. The van der Waals surface area contributed by atoms with Crippen LogP contribution < -0.4 is 10.7 Å². The quantitative estimate of drug-likeness (QED) is 0.202. The van der Waals surface area contributed by atoms with E-state index in [9.17, 15) is 9.90 Å². The maximum absolute atomic E-state index is 10.8. The van der Waals surface area contributed by atoms with Gasteiger partial charge in [0.1, 0.15) is 0 Å². The third-order valence-electron chi connectivity index (χ3n) is 2.42. The van der Waals surface area contributed by atoms with Gasteiger partial charge in [-0.2, -0.15) is 12.6 Å². The molecule has 1 aromatic rings. The van der Waals surface area contributed by atoms with E-state index in [0.29, 0.717) is 16.8 Å². The zero-order valence-corrected chi connectivity index (χ0v) is 16.1. The molecule has 0 saturated heterocycles. The van der Waals surface area contributed by atoms with E-state index in [-0.39, 0.29) is 17.7 Å². The van der Waals surface area contributed by atoms with Crippen LogP contribution >= 0.6 is 12.6 Å². The number of thiol groups is 1. The molecule has 1 radical (unpaired) electrons. The second-order valence-corrected chi connectivity index (χ2v) is 4.77. The number of nitrogens with two attached hydrogens (primary N) is 1. The molecule has 1 rings (SSSR count). The van der Waals surface area contributed by atoms with Crippen LogP contribution in [-0.2, 0) is 11.4 Å². The van der Waals surface area contributed by atoms with Crippen molar-refractivity contribution in [3.63, 3.8) is 0 Å². The van der Waals surface area contributed by atoms with Crippen molar-refractivity contribution in [1.82, 2.24) is 4.98 Å². The third kappa shape index (κ3) is 8.92. The topological polar surface area (TPSA) is 131 Å². The summed E-state index contributed by atoms with van der Waals surface area (Å²) in [5.74, 6) is -1.07. The number of nitrogens with one attached hydrogen (secondary N) is 1. The van der Waals surface area contributed by atoms with Gasteiger partial charge in [-0.15, -0.1) is 0 Å². The Hall–Kier alpha value is -1.12. The zero-order valence-electron chi connectivity index (χ0n) is 13.5. The third-order valence-corrected chi connectivity index (χ3v) is 3.12. The number of carbonyl (C=O) groups is 1. The first kappa shape index (κ1) is 24.1. The molecule has 0 spiro atoms. The molecule has 0 fully saturated rings. The average molecular weight is 410 g/mol. The number of hydrogen-bond acceptors (Lipinski definition) is 6. The molecular formula is C14H25N3O4SSe+. The van der Waals surface area contributed by atoms with Crippen LogP contribution in [0.15, 0.2) is 6.20 Å². The molecule has 0 unspecified atom stereocenters. The molecule has 0 amide bonds. The van der Waals surface area contributed by atoms with Crippen molar-refractivity contribution in [2.24, 2.45) is 5.73 Å². The Morgan fingerprint density at radius 2 is 2.09 bits per heavy atom. The molecule has 0 saturated carbocycles. The Balaban J connectivity index is 0. The summed E-state index contributed by atoms with van der Waals surface area (Å²) in [6.45, 7) is 3.99. The Labute approximate surface area is 150 Å². The molecule has 0 aliphatic carbocycles. The summed E-state index contributed by atoms with van der Waals surface area (Å²) in [6, 6.07) is -0.788. The fraction of sp³-hybridized carbons (Fsp3) is 0.500. The Bertz CT molecular complexity index is 501. The van der Waals surface area contributed by atoms with Gasteiger partial charge in [0.2, 0.25) is 0 Å². The molecule has 1 aromatic heterocycles. The van der Waals surface area contributed by atoms with Crippen LogP contribution in [0, 0.1) is 6.92 Å². The number of aliphatic hydroxyl groups is 1. The Morgan fingerprint density at radius 1 is 1.57 bits per heavy atom. The summed E-state index contributed by atoms with van der Waals surface area (Å²) in [5.41, 5.74) is 6.04. The normalized spacial score (nSPS) is 11.1. The van der Waals surface area contributed by atoms with Gasteiger partial charge in [0.25, 0.3) is 0 Å². The number of aryl methyl sites for hydroxylation is 1. The first-order chi connectivity index (χ1) is 10.9. The van der Waals surface area contributed by atoms with Gasteiger partial charge in [-0.3, -0.25) is 0 Å². The zero-order chi connectivity index (χ0) is 18.4. The van der Waals surface area contributed by atoms with Crippen LogP contribution in [0.2, 0.25) is 5.32 Å². The van der Waals surface area contributed by atoms with E-state index in [4.69, 9.17) is 15.9 Å². The summed E-state index contributed by atoms with van der Waals surface area (Å²) in [4.78, 5) is 17.4. The van der Waals surface area contributed by atoms with Crippen LogP contribution in [0.25, 0.3) is 0 Å². The van der Waals surface area contributed by atoms with Gasteiger partial charge in [0.15, 0.2) is 0 Å². The molecule has 1 heterocycles. The molecule has 7 nitrogen and oxygen atoms in total. The van der Waals surface area contributed by atoms with Crippen LogP contribution in [0.4, 0.5) is 0 Å². The fourth-order valence-corrected chi connectivity index (χ4v) is 1.82. The molecular weight excluding hydrogens is 385 g/mol. The van der Waals surface area contributed by atoms with E-state index >= 15 is 0 Å². The van der Waals surface area contributed by atoms with E-state index in [1.54, 1.807) is 13.2 Å². The van der Waals surface area contributed by atoms with Crippen LogP contribution in [0.5, 0.6) is 5.75 Å². The van der Waals surface area contributed by atoms with Gasteiger partial charge < -0.3 is 5.73 Å². The number of aliphatic hydroxyl groups excluding tert-OH is 1. The number of aliphatic carboxylic acids is 1. The fourth-order valence-electron chi connectivity index (χ4n) is 1.31. The van der Waals surface area contributed by atoms with Gasteiger partial charge in [-0.05, 0) is 12.8 Å². The summed E-state index contributed by atoms with van der Waals surface area (Å²) in [7, 11) is 0. The molecule has 9 heteroatoms. The SMILES string of the molecule is CCN.CS.Cc1ncc(CO)c(C=[NH+][C@@H](C[Se])C(=O)O)c1O. The molecule has 131 valence electrons. The van der Waals surface area contributed by atoms with Crippen LogP contribution in [0.1, 0.15) is 23.7 Å². The monoisotopic (exact) mass is 411 g/mol. The molecule has 1 atom stereocenters. The molecule has 0 aromatic carbocycles. The Kier molecular flexibility index (Phi) is 15.2. The van der Waals surface area contributed by atoms with Gasteiger partial charge in [0.05, 0.1) is 0 Å². The average Bonchev–Trinajstić information content (AvgIpc) is 2.54. The molecule has 0 bridgehead atoms. The number of rotatable bonds is 5. The Morgan fingerprint density at radius 3 is 2.48 bits per heavy atom. The second-order valence-electron chi connectivity index (χ2n) is 4.07. The van der Waals surface area contributed by atoms with Crippen LogP contribution in [0.3, 0.4) is 0 Å². The summed E-state index contributed by atoms with van der Waals surface area (Å²) in [6.07, 6.45) is 4.52. The number of carboxylic acids is 1. The summed E-state index contributed by atoms with van der Waals surface area (Å²) in [5, 5.41) is 28.1. The van der Waals surface area contributed by atoms with E-state index < -0.39 is 12.0 Å². The molecule has 0 aliphatic rings. The van der Waals surface area contributed by atoms with Gasteiger partial charge in [-0.1, -0.05) is 6.92 Å². The van der Waals surface area contributed by atoms with E-state index in [1.165, 1.54) is 12.4 Å². The molecule has 0 aliphatic heterocycles. The van der Waals surface area contributed by atoms with Crippen molar-refractivity contribution < 1.29 is 25.1 Å². The first-order valence-corrected chi connectivity index (χ1v) is 8.86. The van der Waals surface area contributed by atoms with Crippen molar-refractivity contribution in [3.8, 4) is 5.75 Å². The van der Waals surface area contributed by atoms with Crippen molar-refractivity contribution in [1.29, 1.82) is 0 Å². The van der Waals surface area contributed by atoms with Crippen LogP contribution in [-0.4, -0.2) is 67.3 Å². The number of pyridine rings is 1. The first-order valence-electron chi connectivity index (χ1n) is 6.76. The van der Waals surface area contributed by atoms with Gasteiger partial charge in [0, 0.05) is 0 Å². The van der Waals surface area contributed by atoms with E-state index in [0.717, 1.165) is 6.54 Å². The standard InChI is InChI=1S/C11H13N2O4Se.C2H7N.CH4S/c1-6-10(15)8(7(4-14)2-12-6)3-13-9(5-18)11(16)17;1-2-3;1-2/h2-3,9,14-15H,4-5H2,1H3,(H,16,17);2-3H2,1H3;2H,1H3/p+1/t9-;;/m0../s1. The number of aromatic hydroxyl groups is 1. The summed E-state index contributed by atoms with van der Waals surface area (Å²) < 4.78 is 0. The second kappa shape index (κ2) is 14.5. The van der Waals surface area contributed by atoms with Gasteiger partial charge >= 0.3 is 112 Å². The maximum atomic E-state index is 10.8. The minimum absolute atomic E-state index is 0.0710. The van der Waals surface area contributed by atoms with Crippen molar-refractivity contribution in [2.45, 2.75) is 31.8 Å². The van der Waals surface area contributed by atoms with E-state index in [1.807, 2.05) is 6.92 Å².